The first-order valence-electron chi connectivity index (χ1n) is 7.86. The van der Waals surface area contributed by atoms with Crippen molar-refractivity contribution in [3.05, 3.63) is 90.0 Å². The van der Waals surface area contributed by atoms with Gasteiger partial charge in [-0.05, 0) is 36.8 Å². The number of rotatable bonds is 6. The molecule has 0 radical (unpaired) electrons. The molecule has 0 heterocycles. The highest BCUT2D eigenvalue weighted by molar-refractivity contribution is 6.00. The van der Waals surface area contributed by atoms with Gasteiger partial charge in [0.15, 0.2) is 5.78 Å². The van der Waals surface area contributed by atoms with Crippen molar-refractivity contribution in [3.8, 4) is 5.75 Å². The van der Waals surface area contributed by atoms with E-state index in [2.05, 4.69) is 5.32 Å². The van der Waals surface area contributed by atoms with E-state index in [-0.39, 0.29) is 5.78 Å². The van der Waals surface area contributed by atoms with E-state index in [0.717, 1.165) is 22.7 Å². The van der Waals surface area contributed by atoms with Gasteiger partial charge in [0, 0.05) is 23.0 Å². The Morgan fingerprint density at radius 2 is 1.67 bits per heavy atom. The van der Waals surface area contributed by atoms with Crippen LogP contribution in [-0.2, 0) is 6.61 Å². The highest BCUT2D eigenvalue weighted by atomic mass is 16.5. The highest BCUT2D eigenvalue weighted by Crippen LogP contribution is 2.24. The van der Waals surface area contributed by atoms with Crippen LogP contribution in [0.2, 0.25) is 0 Å². The second kappa shape index (κ2) is 7.47. The predicted octanol–water partition coefficient (Wildman–Crippen LogP) is 5.21. The molecule has 0 saturated carbocycles. The fourth-order valence-electron chi connectivity index (χ4n) is 2.46. The molecular formula is C21H19NO2. The summed E-state index contributed by atoms with van der Waals surface area (Å²) >= 11 is 0. The Morgan fingerprint density at radius 1 is 0.917 bits per heavy atom. The van der Waals surface area contributed by atoms with Gasteiger partial charge in [0.1, 0.15) is 12.4 Å². The predicted molar refractivity (Wildman–Crippen MR) is 96.9 cm³/mol. The number of ether oxygens (including phenoxy) is 1. The van der Waals surface area contributed by atoms with Gasteiger partial charge in [0.05, 0.1) is 0 Å². The second-order valence-electron chi connectivity index (χ2n) is 5.53. The molecule has 3 rings (SSSR count). The van der Waals surface area contributed by atoms with Crippen LogP contribution in [0.25, 0.3) is 0 Å². The van der Waals surface area contributed by atoms with Gasteiger partial charge in [0.2, 0.25) is 0 Å². The Bertz CT molecular complexity index is 828. The summed E-state index contributed by atoms with van der Waals surface area (Å²) in [6.45, 7) is 2.09. The lowest BCUT2D eigenvalue weighted by Crippen LogP contribution is -2.00. The summed E-state index contributed by atoms with van der Waals surface area (Å²) in [5.41, 5.74) is 3.48. The van der Waals surface area contributed by atoms with Crippen LogP contribution in [0.15, 0.2) is 78.9 Å². The number of hydrogen-bond donors (Lipinski definition) is 1. The molecule has 24 heavy (non-hydrogen) atoms. The first-order chi connectivity index (χ1) is 11.7. The first-order valence-corrected chi connectivity index (χ1v) is 7.86. The smallest absolute Gasteiger partial charge is 0.161 e. The second-order valence-corrected chi connectivity index (χ2v) is 5.53. The molecule has 0 aliphatic heterocycles. The third-order valence-electron chi connectivity index (χ3n) is 3.67. The van der Waals surface area contributed by atoms with Gasteiger partial charge >= 0.3 is 0 Å². The summed E-state index contributed by atoms with van der Waals surface area (Å²) in [4.78, 5) is 11.7. The van der Waals surface area contributed by atoms with Crippen molar-refractivity contribution in [3.63, 3.8) is 0 Å². The third-order valence-corrected chi connectivity index (χ3v) is 3.67. The number of hydrogen-bond acceptors (Lipinski definition) is 3. The quantitative estimate of drug-likeness (QED) is 0.634. The highest BCUT2D eigenvalue weighted by Gasteiger charge is 2.06. The number of benzene rings is 3. The maximum absolute atomic E-state index is 11.7. The van der Waals surface area contributed by atoms with Gasteiger partial charge in [-0.15, -0.1) is 0 Å². The Hall–Kier alpha value is -3.07. The van der Waals surface area contributed by atoms with E-state index in [9.17, 15) is 4.79 Å². The molecule has 0 saturated heterocycles. The molecule has 1 N–H and O–H groups in total. The summed E-state index contributed by atoms with van der Waals surface area (Å²) < 4.78 is 5.84. The average molecular weight is 317 g/mol. The number of carbonyl (C=O) groups is 1. The van der Waals surface area contributed by atoms with Crippen LogP contribution in [0.4, 0.5) is 11.4 Å². The normalized spacial score (nSPS) is 10.2. The van der Waals surface area contributed by atoms with Gasteiger partial charge in [-0.1, -0.05) is 48.5 Å². The monoisotopic (exact) mass is 317 g/mol. The van der Waals surface area contributed by atoms with Crippen molar-refractivity contribution in [2.45, 2.75) is 13.5 Å². The zero-order valence-corrected chi connectivity index (χ0v) is 13.5. The molecule has 3 aromatic carbocycles. The fourth-order valence-corrected chi connectivity index (χ4v) is 2.46. The van der Waals surface area contributed by atoms with E-state index in [1.165, 1.54) is 0 Å². The number of anilines is 2. The molecule has 0 bridgehead atoms. The minimum absolute atomic E-state index is 0.0367. The Morgan fingerprint density at radius 3 is 2.46 bits per heavy atom. The molecule has 0 amide bonds. The fraction of sp³-hybridized carbons (Fsp3) is 0.0952. The summed E-state index contributed by atoms with van der Waals surface area (Å²) in [6.07, 6.45) is 0. The maximum Gasteiger partial charge on any atom is 0.161 e. The number of ketones is 1. The first kappa shape index (κ1) is 15.8. The van der Waals surface area contributed by atoms with Crippen LogP contribution in [0.5, 0.6) is 5.75 Å². The molecule has 120 valence electrons. The van der Waals surface area contributed by atoms with Gasteiger partial charge in [-0.3, -0.25) is 4.79 Å². The SMILES string of the molecule is CC(=O)c1ccccc1Nc1cccc(OCc2ccccc2)c1. The molecule has 3 aromatic rings. The summed E-state index contributed by atoms with van der Waals surface area (Å²) in [5, 5.41) is 3.29. The zero-order chi connectivity index (χ0) is 16.8. The molecule has 0 atom stereocenters. The summed E-state index contributed by atoms with van der Waals surface area (Å²) in [7, 11) is 0. The summed E-state index contributed by atoms with van der Waals surface area (Å²) in [5.74, 6) is 0.818. The Kier molecular flexibility index (Phi) is 4.92. The molecule has 3 nitrogen and oxygen atoms in total. The standard InChI is InChI=1S/C21H19NO2/c1-16(23)20-12-5-6-13-21(20)22-18-10-7-11-19(14-18)24-15-17-8-3-2-4-9-17/h2-14,22H,15H2,1H3. The molecule has 0 unspecified atom stereocenters. The van der Waals surface area contributed by atoms with E-state index in [1.54, 1.807) is 6.92 Å². The molecule has 0 aliphatic rings. The molecule has 0 fully saturated rings. The molecule has 0 aliphatic carbocycles. The van der Waals surface area contributed by atoms with Crippen molar-refractivity contribution >= 4 is 17.2 Å². The van der Waals surface area contributed by atoms with Crippen LogP contribution < -0.4 is 10.1 Å². The van der Waals surface area contributed by atoms with Crippen LogP contribution in [0.1, 0.15) is 22.8 Å². The molecule has 3 heteroatoms. The molecule has 0 spiro atoms. The lowest BCUT2D eigenvalue weighted by atomic mass is 10.1. The number of carbonyl (C=O) groups excluding carboxylic acids is 1. The minimum Gasteiger partial charge on any atom is -0.489 e. The molecule has 0 aromatic heterocycles. The summed E-state index contributed by atoms with van der Waals surface area (Å²) in [6, 6.07) is 25.3. The van der Waals surface area contributed by atoms with Gasteiger partial charge in [0.25, 0.3) is 0 Å². The van der Waals surface area contributed by atoms with E-state index >= 15 is 0 Å². The Balaban J connectivity index is 1.73. The zero-order valence-electron chi connectivity index (χ0n) is 13.5. The molecular weight excluding hydrogens is 298 g/mol. The maximum atomic E-state index is 11.7. The van der Waals surface area contributed by atoms with Crippen molar-refractivity contribution in [1.29, 1.82) is 0 Å². The van der Waals surface area contributed by atoms with E-state index < -0.39 is 0 Å². The van der Waals surface area contributed by atoms with Gasteiger partial charge < -0.3 is 10.1 Å². The van der Waals surface area contributed by atoms with Crippen molar-refractivity contribution in [2.24, 2.45) is 0 Å². The number of nitrogens with one attached hydrogen (secondary N) is 1. The van der Waals surface area contributed by atoms with Crippen molar-refractivity contribution < 1.29 is 9.53 Å². The number of Topliss-reactive ketones (excluding diaryl/α,β-unsaturated/α-hetero) is 1. The Labute approximate surface area is 141 Å². The van der Waals surface area contributed by atoms with Crippen LogP contribution in [-0.4, -0.2) is 5.78 Å². The lowest BCUT2D eigenvalue weighted by molar-refractivity contribution is 0.101. The third kappa shape index (κ3) is 4.02. The van der Waals surface area contributed by atoms with Crippen molar-refractivity contribution in [1.82, 2.24) is 0 Å². The van der Waals surface area contributed by atoms with E-state index in [1.807, 2.05) is 78.9 Å². The van der Waals surface area contributed by atoms with Gasteiger partial charge in [-0.25, -0.2) is 0 Å². The van der Waals surface area contributed by atoms with Crippen molar-refractivity contribution in [2.75, 3.05) is 5.32 Å². The van der Waals surface area contributed by atoms with Crippen LogP contribution in [0, 0.1) is 0 Å². The van der Waals surface area contributed by atoms with E-state index in [0.29, 0.717) is 12.2 Å². The number of para-hydroxylation sites is 1. The average Bonchev–Trinajstić information content (AvgIpc) is 2.61. The van der Waals surface area contributed by atoms with Crippen LogP contribution in [0.3, 0.4) is 0 Å². The topological polar surface area (TPSA) is 38.3 Å². The minimum atomic E-state index is 0.0367. The van der Waals surface area contributed by atoms with Crippen LogP contribution >= 0.6 is 0 Å². The largest absolute Gasteiger partial charge is 0.489 e. The van der Waals surface area contributed by atoms with Gasteiger partial charge in [-0.2, -0.15) is 0 Å². The lowest BCUT2D eigenvalue weighted by Gasteiger charge is -2.12. The van der Waals surface area contributed by atoms with E-state index in [4.69, 9.17) is 4.74 Å².